The highest BCUT2D eigenvalue weighted by atomic mass is 79.9. The number of ether oxygens (including phenoxy) is 1. The maximum Gasteiger partial charge on any atom is 0.147 e. The van der Waals surface area contributed by atoms with Crippen molar-refractivity contribution in [2.75, 3.05) is 7.05 Å². The van der Waals surface area contributed by atoms with Gasteiger partial charge in [-0.05, 0) is 46.7 Å². The van der Waals surface area contributed by atoms with Crippen LogP contribution in [0.5, 0.6) is 11.5 Å². The lowest BCUT2D eigenvalue weighted by Gasteiger charge is -2.11. The molecule has 0 heterocycles. The van der Waals surface area contributed by atoms with Gasteiger partial charge in [-0.1, -0.05) is 40.9 Å². The third-order valence-corrected chi connectivity index (χ3v) is 4.36. The second-order valence-corrected chi connectivity index (χ2v) is 6.17. The first-order chi connectivity index (χ1) is 9.51. The number of benzene rings is 2. The molecule has 0 aliphatic rings. The van der Waals surface area contributed by atoms with E-state index >= 15 is 0 Å². The van der Waals surface area contributed by atoms with Gasteiger partial charge in [-0.3, -0.25) is 0 Å². The first-order valence-corrected chi connectivity index (χ1v) is 7.69. The molecule has 2 aromatic rings. The summed E-state index contributed by atoms with van der Waals surface area (Å²) >= 11 is 21.7. The normalized spacial score (nSPS) is 10.7. The lowest BCUT2D eigenvalue weighted by molar-refractivity contribution is 0.483. The Morgan fingerprint density at radius 2 is 1.70 bits per heavy atom. The Morgan fingerprint density at radius 1 is 1.00 bits per heavy atom. The summed E-state index contributed by atoms with van der Waals surface area (Å²) in [6, 6.07) is 8.92. The van der Waals surface area contributed by atoms with Crippen molar-refractivity contribution in [3.05, 3.63) is 55.4 Å². The summed E-state index contributed by atoms with van der Waals surface area (Å²) in [6.07, 6.45) is 0. The van der Waals surface area contributed by atoms with Crippen molar-refractivity contribution in [1.82, 2.24) is 5.32 Å². The Hall–Kier alpha value is -0.450. The van der Waals surface area contributed by atoms with Crippen LogP contribution in [-0.2, 0) is 6.54 Å². The van der Waals surface area contributed by atoms with Crippen molar-refractivity contribution in [1.29, 1.82) is 0 Å². The minimum atomic E-state index is 0.455. The number of hydrogen-bond donors (Lipinski definition) is 1. The fraction of sp³-hybridized carbons (Fsp3) is 0.143. The molecule has 0 atom stereocenters. The second-order valence-electron chi connectivity index (χ2n) is 4.09. The molecular weight excluding hydrogens is 384 g/mol. The molecule has 2 rings (SSSR count). The Labute approximate surface area is 141 Å². The van der Waals surface area contributed by atoms with Gasteiger partial charge in [0.2, 0.25) is 0 Å². The van der Waals surface area contributed by atoms with Crippen LogP contribution in [0, 0.1) is 0 Å². The Morgan fingerprint density at radius 3 is 2.35 bits per heavy atom. The van der Waals surface area contributed by atoms with Crippen LogP contribution in [0.4, 0.5) is 0 Å². The van der Waals surface area contributed by atoms with Crippen molar-refractivity contribution < 1.29 is 4.74 Å². The predicted octanol–water partition coefficient (Wildman–Crippen LogP) is 5.92. The van der Waals surface area contributed by atoms with E-state index in [1.807, 2.05) is 19.2 Å². The van der Waals surface area contributed by atoms with Crippen LogP contribution in [0.25, 0.3) is 0 Å². The molecule has 0 saturated heterocycles. The topological polar surface area (TPSA) is 21.3 Å². The van der Waals surface area contributed by atoms with E-state index in [1.165, 1.54) is 0 Å². The molecular formula is C14H11BrCl3NO. The number of nitrogens with one attached hydrogen (secondary N) is 1. The highest BCUT2D eigenvalue weighted by Gasteiger charge is 2.10. The van der Waals surface area contributed by atoms with Crippen LogP contribution in [-0.4, -0.2) is 7.05 Å². The fourth-order valence-electron chi connectivity index (χ4n) is 1.64. The van der Waals surface area contributed by atoms with Gasteiger partial charge in [-0.2, -0.15) is 0 Å². The van der Waals surface area contributed by atoms with E-state index in [1.54, 1.807) is 18.2 Å². The summed E-state index contributed by atoms with van der Waals surface area (Å²) in [7, 11) is 1.88. The zero-order chi connectivity index (χ0) is 14.7. The quantitative estimate of drug-likeness (QED) is 0.649. The molecule has 0 radical (unpaired) electrons. The molecule has 0 unspecified atom stereocenters. The van der Waals surface area contributed by atoms with Crippen molar-refractivity contribution in [3.63, 3.8) is 0 Å². The minimum Gasteiger partial charge on any atom is -0.454 e. The second kappa shape index (κ2) is 7.01. The standard InChI is InChI=1S/C14H11BrCl3NO/c1-19-7-8-2-3-13(11(17)4-8)20-14-6-10(16)9(15)5-12(14)18/h2-6,19H,7H2,1H3. The van der Waals surface area contributed by atoms with Gasteiger partial charge in [0, 0.05) is 17.1 Å². The monoisotopic (exact) mass is 393 g/mol. The highest BCUT2D eigenvalue weighted by molar-refractivity contribution is 9.10. The van der Waals surface area contributed by atoms with Crippen molar-refractivity contribution >= 4 is 50.7 Å². The molecule has 0 spiro atoms. The highest BCUT2D eigenvalue weighted by Crippen LogP contribution is 2.38. The molecule has 2 nitrogen and oxygen atoms in total. The van der Waals surface area contributed by atoms with Gasteiger partial charge >= 0.3 is 0 Å². The number of hydrogen-bond acceptors (Lipinski definition) is 2. The van der Waals surface area contributed by atoms with Crippen LogP contribution in [0.2, 0.25) is 15.1 Å². The van der Waals surface area contributed by atoms with Crippen LogP contribution in [0.15, 0.2) is 34.8 Å². The molecule has 0 fully saturated rings. The third-order valence-electron chi connectivity index (χ3n) is 2.57. The molecule has 0 aromatic heterocycles. The molecule has 0 aliphatic heterocycles. The number of rotatable bonds is 4. The van der Waals surface area contributed by atoms with Crippen LogP contribution < -0.4 is 10.1 Å². The zero-order valence-electron chi connectivity index (χ0n) is 10.5. The van der Waals surface area contributed by atoms with E-state index in [0.717, 1.165) is 12.1 Å². The average molecular weight is 396 g/mol. The van der Waals surface area contributed by atoms with Crippen molar-refractivity contribution in [2.24, 2.45) is 0 Å². The van der Waals surface area contributed by atoms with E-state index < -0.39 is 0 Å². The molecule has 0 amide bonds. The summed E-state index contributed by atoms with van der Waals surface area (Å²) in [4.78, 5) is 0. The Balaban J connectivity index is 2.28. The van der Waals surface area contributed by atoms with Crippen molar-refractivity contribution in [2.45, 2.75) is 6.54 Å². The molecule has 1 N–H and O–H groups in total. The molecule has 0 saturated carbocycles. The van der Waals surface area contributed by atoms with E-state index in [4.69, 9.17) is 39.5 Å². The minimum absolute atomic E-state index is 0.455. The summed E-state index contributed by atoms with van der Waals surface area (Å²) in [5.74, 6) is 0.995. The van der Waals surface area contributed by atoms with Gasteiger partial charge in [0.05, 0.1) is 15.1 Å². The molecule has 20 heavy (non-hydrogen) atoms. The summed E-state index contributed by atoms with van der Waals surface area (Å²) in [5.41, 5.74) is 1.07. The maximum absolute atomic E-state index is 6.20. The van der Waals surface area contributed by atoms with Gasteiger partial charge in [-0.25, -0.2) is 0 Å². The number of halogens is 4. The van der Waals surface area contributed by atoms with Gasteiger partial charge in [-0.15, -0.1) is 0 Å². The fourth-order valence-corrected chi connectivity index (χ4v) is 2.71. The van der Waals surface area contributed by atoms with E-state index in [-0.39, 0.29) is 0 Å². The van der Waals surface area contributed by atoms with E-state index in [2.05, 4.69) is 21.2 Å². The Bertz CT molecular complexity index is 634. The first kappa shape index (κ1) is 15.9. The predicted molar refractivity (Wildman–Crippen MR) is 88.5 cm³/mol. The maximum atomic E-state index is 6.20. The van der Waals surface area contributed by atoms with E-state index in [0.29, 0.717) is 31.0 Å². The van der Waals surface area contributed by atoms with E-state index in [9.17, 15) is 0 Å². The van der Waals surface area contributed by atoms with Gasteiger partial charge in [0.1, 0.15) is 11.5 Å². The van der Waals surface area contributed by atoms with Crippen LogP contribution in [0.3, 0.4) is 0 Å². The lowest BCUT2D eigenvalue weighted by Crippen LogP contribution is -2.04. The van der Waals surface area contributed by atoms with Crippen LogP contribution >= 0.6 is 50.7 Å². The summed E-state index contributed by atoms with van der Waals surface area (Å²) in [5, 5.41) is 4.56. The largest absolute Gasteiger partial charge is 0.454 e. The molecule has 106 valence electrons. The van der Waals surface area contributed by atoms with Gasteiger partial charge in [0.15, 0.2) is 0 Å². The third kappa shape index (κ3) is 3.80. The van der Waals surface area contributed by atoms with Crippen molar-refractivity contribution in [3.8, 4) is 11.5 Å². The zero-order valence-corrected chi connectivity index (χ0v) is 14.4. The average Bonchev–Trinajstić information content (AvgIpc) is 2.39. The lowest BCUT2D eigenvalue weighted by atomic mass is 10.2. The molecule has 0 bridgehead atoms. The van der Waals surface area contributed by atoms with Crippen LogP contribution in [0.1, 0.15) is 5.56 Å². The Kier molecular flexibility index (Phi) is 5.58. The molecule has 6 heteroatoms. The summed E-state index contributed by atoms with van der Waals surface area (Å²) in [6.45, 7) is 0.741. The summed E-state index contributed by atoms with van der Waals surface area (Å²) < 4.78 is 6.43. The van der Waals surface area contributed by atoms with Gasteiger partial charge < -0.3 is 10.1 Å². The molecule has 0 aliphatic carbocycles. The first-order valence-electron chi connectivity index (χ1n) is 5.76. The SMILES string of the molecule is CNCc1ccc(Oc2cc(Cl)c(Br)cc2Cl)c(Cl)c1. The smallest absolute Gasteiger partial charge is 0.147 e. The molecule has 2 aromatic carbocycles. The van der Waals surface area contributed by atoms with Gasteiger partial charge in [0.25, 0.3) is 0 Å².